The van der Waals surface area contributed by atoms with Gasteiger partial charge in [-0.25, -0.2) is 4.98 Å². The number of pyridine rings is 1. The average Bonchev–Trinajstić information content (AvgIpc) is 2.35. The van der Waals surface area contributed by atoms with Gasteiger partial charge in [-0.05, 0) is 37.4 Å². The van der Waals surface area contributed by atoms with Gasteiger partial charge in [0.2, 0.25) is 0 Å². The zero-order valence-electron chi connectivity index (χ0n) is 13.1. The molecule has 0 aromatic carbocycles. The highest BCUT2D eigenvalue weighted by atomic mass is 15.2. The highest BCUT2D eigenvalue weighted by molar-refractivity contribution is 5.39. The second-order valence-corrected chi connectivity index (χ2v) is 5.94. The predicted octanol–water partition coefficient (Wildman–Crippen LogP) is 3.31. The Hall–Kier alpha value is -1.09. The van der Waals surface area contributed by atoms with Crippen molar-refractivity contribution < 1.29 is 0 Å². The summed E-state index contributed by atoms with van der Waals surface area (Å²) in [6.45, 7) is 15.1. The number of nitrogens with zero attached hydrogens (tertiary/aromatic N) is 2. The molecule has 0 aliphatic rings. The van der Waals surface area contributed by atoms with Crippen LogP contribution in [-0.4, -0.2) is 24.6 Å². The number of hydrogen-bond donors (Lipinski definition) is 1. The van der Waals surface area contributed by atoms with E-state index < -0.39 is 0 Å². The molecule has 0 amide bonds. The number of anilines is 1. The topological polar surface area (TPSA) is 28.2 Å². The van der Waals surface area contributed by atoms with Gasteiger partial charge < -0.3 is 10.2 Å². The molecule has 0 saturated carbocycles. The van der Waals surface area contributed by atoms with Crippen molar-refractivity contribution in [1.29, 1.82) is 0 Å². The summed E-state index contributed by atoms with van der Waals surface area (Å²) in [4.78, 5) is 7.10. The van der Waals surface area contributed by atoms with Crippen LogP contribution >= 0.6 is 0 Å². The molecule has 3 heteroatoms. The van der Waals surface area contributed by atoms with Crippen LogP contribution in [0.25, 0.3) is 0 Å². The second-order valence-electron chi connectivity index (χ2n) is 5.94. The number of rotatable bonds is 8. The van der Waals surface area contributed by atoms with Crippen molar-refractivity contribution in [3.05, 3.63) is 23.9 Å². The first-order valence-electron chi connectivity index (χ1n) is 7.44. The van der Waals surface area contributed by atoms with Gasteiger partial charge in [-0.3, -0.25) is 0 Å². The van der Waals surface area contributed by atoms with Crippen LogP contribution in [0, 0.1) is 11.8 Å². The van der Waals surface area contributed by atoms with E-state index in [4.69, 9.17) is 4.98 Å². The van der Waals surface area contributed by atoms with Gasteiger partial charge in [-0.15, -0.1) is 0 Å². The Balaban J connectivity index is 2.64. The lowest BCUT2D eigenvalue weighted by molar-refractivity contribution is 0.547. The maximum absolute atomic E-state index is 4.76. The van der Waals surface area contributed by atoms with E-state index in [9.17, 15) is 0 Å². The van der Waals surface area contributed by atoms with Crippen LogP contribution in [0.2, 0.25) is 0 Å². The Morgan fingerprint density at radius 1 is 1.16 bits per heavy atom. The summed E-state index contributed by atoms with van der Waals surface area (Å²) in [7, 11) is 0. The minimum Gasteiger partial charge on any atom is -0.357 e. The van der Waals surface area contributed by atoms with Gasteiger partial charge in [0.25, 0.3) is 0 Å². The normalized spacial score (nSPS) is 11.3. The van der Waals surface area contributed by atoms with Crippen molar-refractivity contribution in [1.82, 2.24) is 10.3 Å². The first-order chi connectivity index (χ1) is 9.02. The van der Waals surface area contributed by atoms with E-state index in [0.29, 0.717) is 11.8 Å². The fourth-order valence-corrected chi connectivity index (χ4v) is 2.06. The van der Waals surface area contributed by atoms with Crippen molar-refractivity contribution >= 4 is 5.82 Å². The van der Waals surface area contributed by atoms with Crippen LogP contribution in [0.15, 0.2) is 18.2 Å². The molecule has 0 fully saturated rings. The fourth-order valence-electron chi connectivity index (χ4n) is 2.06. The summed E-state index contributed by atoms with van der Waals surface area (Å²) in [6.07, 6.45) is 0. The molecule has 0 radical (unpaired) electrons. The molecule has 0 saturated heterocycles. The van der Waals surface area contributed by atoms with Crippen molar-refractivity contribution in [2.24, 2.45) is 11.8 Å². The largest absolute Gasteiger partial charge is 0.357 e. The standard InChI is InChI=1S/C16H29N3/c1-6-19(12-14(4)5)16-9-7-8-15(18-16)11-17-10-13(2)3/h7-9,13-14,17H,6,10-12H2,1-5H3. The SMILES string of the molecule is CCN(CC(C)C)c1cccc(CNCC(C)C)n1. The van der Waals surface area contributed by atoms with Crippen molar-refractivity contribution in [3.8, 4) is 0 Å². The van der Waals surface area contributed by atoms with Crippen molar-refractivity contribution in [3.63, 3.8) is 0 Å². The quantitative estimate of drug-likeness (QED) is 0.780. The van der Waals surface area contributed by atoms with Gasteiger partial charge in [-0.2, -0.15) is 0 Å². The van der Waals surface area contributed by atoms with E-state index in [2.05, 4.69) is 63.0 Å². The third-order valence-corrected chi connectivity index (χ3v) is 2.94. The molecule has 0 unspecified atom stereocenters. The lowest BCUT2D eigenvalue weighted by Crippen LogP contribution is -2.28. The van der Waals surface area contributed by atoms with Crippen molar-refractivity contribution in [2.45, 2.75) is 41.2 Å². The Kier molecular flexibility index (Phi) is 6.85. The summed E-state index contributed by atoms with van der Waals surface area (Å²) in [5.74, 6) is 2.43. The smallest absolute Gasteiger partial charge is 0.128 e. The maximum atomic E-state index is 4.76. The van der Waals surface area contributed by atoms with Crippen LogP contribution in [0.4, 0.5) is 5.82 Å². The highest BCUT2D eigenvalue weighted by Crippen LogP contribution is 2.13. The summed E-state index contributed by atoms with van der Waals surface area (Å²) < 4.78 is 0. The number of aromatic nitrogens is 1. The van der Waals surface area contributed by atoms with Crippen molar-refractivity contribution in [2.75, 3.05) is 24.5 Å². The Bertz CT molecular complexity index is 361. The molecule has 108 valence electrons. The predicted molar refractivity (Wildman–Crippen MR) is 83.5 cm³/mol. The van der Waals surface area contributed by atoms with E-state index in [1.54, 1.807) is 0 Å². The molecule has 1 N–H and O–H groups in total. The van der Waals surface area contributed by atoms with Crippen LogP contribution in [-0.2, 0) is 6.54 Å². The summed E-state index contributed by atoms with van der Waals surface area (Å²) in [6, 6.07) is 6.32. The van der Waals surface area contributed by atoms with Crippen LogP contribution < -0.4 is 10.2 Å². The molecule has 1 aromatic heterocycles. The van der Waals surface area contributed by atoms with Gasteiger partial charge >= 0.3 is 0 Å². The van der Waals surface area contributed by atoms with Gasteiger partial charge in [-0.1, -0.05) is 33.8 Å². The minimum atomic E-state index is 0.657. The van der Waals surface area contributed by atoms with Gasteiger partial charge in [0.15, 0.2) is 0 Å². The third-order valence-electron chi connectivity index (χ3n) is 2.94. The van der Waals surface area contributed by atoms with E-state index in [-0.39, 0.29) is 0 Å². The summed E-state index contributed by atoms with van der Waals surface area (Å²) in [5.41, 5.74) is 1.13. The monoisotopic (exact) mass is 263 g/mol. The van der Waals surface area contributed by atoms with E-state index in [1.165, 1.54) is 0 Å². The Morgan fingerprint density at radius 2 is 1.89 bits per heavy atom. The first kappa shape index (κ1) is 16.0. The Morgan fingerprint density at radius 3 is 2.47 bits per heavy atom. The van der Waals surface area contributed by atoms with E-state index in [0.717, 1.165) is 37.7 Å². The Labute approximate surface area is 118 Å². The van der Waals surface area contributed by atoms with Gasteiger partial charge in [0.05, 0.1) is 5.69 Å². The number of nitrogens with one attached hydrogen (secondary N) is 1. The van der Waals surface area contributed by atoms with E-state index in [1.807, 2.05) is 0 Å². The molecule has 1 aromatic rings. The van der Waals surface area contributed by atoms with Crippen LogP contribution in [0.1, 0.15) is 40.3 Å². The molecule has 0 aliphatic heterocycles. The lowest BCUT2D eigenvalue weighted by Gasteiger charge is -2.24. The molecule has 0 spiro atoms. The minimum absolute atomic E-state index is 0.657. The summed E-state index contributed by atoms with van der Waals surface area (Å²) in [5, 5.41) is 3.45. The third kappa shape index (κ3) is 6.06. The second kappa shape index (κ2) is 8.16. The molecule has 1 heterocycles. The molecule has 3 nitrogen and oxygen atoms in total. The molecule has 19 heavy (non-hydrogen) atoms. The van der Waals surface area contributed by atoms with E-state index >= 15 is 0 Å². The van der Waals surface area contributed by atoms with Crippen LogP contribution in [0.5, 0.6) is 0 Å². The van der Waals surface area contributed by atoms with Crippen LogP contribution in [0.3, 0.4) is 0 Å². The molecule has 1 rings (SSSR count). The molecular formula is C16H29N3. The zero-order valence-corrected chi connectivity index (χ0v) is 13.1. The molecule has 0 aliphatic carbocycles. The van der Waals surface area contributed by atoms with Gasteiger partial charge in [0, 0.05) is 19.6 Å². The summed E-state index contributed by atoms with van der Waals surface area (Å²) >= 11 is 0. The molecular weight excluding hydrogens is 234 g/mol. The first-order valence-corrected chi connectivity index (χ1v) is 7.44. The van der Waals surface area contributed by atoms with Gasteiger partial charge in [0.1, 0.15) is 5.82 Å². The maximum Gasteiger partial charge on any atom is 0.128 e. The fraction of sp³-hybridized carbons (Fsp3) is 0.688. The molecule has 0 bridgehead atoms. The number of hydrogen-bond acceptors (Lipinski definition) is 3. The molecule has 0 atom stereocenters. The zero-order chi connectivity index (χ0) is 14.3. The average molecular weight is 263 g/mol. The lowest BCUT2D eigenvalue weighted by atomic mass is 10.2. The highest BCUT2D eigenvalue weighted by Gasteiger charge is 2.08.